The summed E-state index contributed by atoms with van der Waals surface area (Å²) in [6.07, 6.45) is 6.55. The molecular formula is C16H22N6O2. The van der Waals surface area contributed by atoms with Crippen LogP contribution in [-0.4, -0.2) is 51.2 Å². The van der Waals surface area contributed by atoms with E-state index in [1.54, 1.807) is 19.3 Å². The van der Waals surface area contributed by atoms with Gasteiger partial charge in [-0.05, 0) is 32.1 Å². The Bertz CT molecular complexity index is 701. The summed E-state index contributed by atoms with van der Waals surface area (Å²) in [6.45, 7) is 3.33. The largest absolute Gasteiger partial charge is 0.372 e. The van der Waals surface area contributed by atoms with E-state index in [1.165, 1.54) is 0 Å². The van der Waals surface area contributed by atoms with Crippen LogP contribution in [0.3, 0.4) is 0 Å². The molecule has 128 valence electrons. The summed E-state index contributed by atoms with van der Waals surface area (Å²) in [5, 5.41) is 10.6. The van der Waals surface area contributed by atoms with Crippen LogP contribution in [0, 0.1) is 12.8 Å². The monoisotopic (exact) mass is 330 g/mol. The first-order valence-corrected chi connectivity index (χ1v) is 8.20. The van der Waals surface area contributed by atoms with Crippen LogP contribution in [0.4, 0.5) is 5.82 Å². The molecule has 0 radical (unpaired) electrons. The van der Waals surface area contributed by atoms with Crippen LogP contribution in [-0.2, 0) is 17.6 Å². The van der Waals surface area contributed by atoms with Gasteiger partial charge >= 0.3 is 0 Å². The zero-order chi connectivity index (χ0) is 16.9. The summed E-state index contributed by atoms with van der Waals surface area (Å²) in [4.78, 5) is 23.2. The number of hydrogen-bond acceptors (Lipinski definition) is 7. The maximum Gasteiger partial charge on any atom is 0.228 e. The molecular weight excluding hydrogens is 308 g/mol. The van der Waals surface area contributed by atoms with E-state index in [9.17, 15) is 4.79 Å². The Kier molecular flexibility index (Phi) is 5.02. The second-order valence-corrected chi connectivity index (χ2v) is 6.13. The van der Waals surface area contributed by atoms with Crippen molar-refractivity contribution in [2.45, 2.75) is 32.6 Å². The second kappa shape index (κ2) is 7.37. The molecule has 0 bridgehead atoms. The van der Waals surface area contributed by atoms with Gasteiger partial charge in [-0.1, -0.05) is 10.3 Å². The minimum atomic E-state index is 0.0754. The van der Waals surface area contributed by atoms with Gasteiger partial charge in [0.25, 0.3) is 0 Å². The Hall–Kier alpha value is -2.51. The van der Waals surface area contributed by atoms with E-state index in [-0.39, 0.29) is 12.3 Å². The van der Waals surface area contributed by atoms with Crippen molar-refractivity contribution in [3.8, 4) is 0 Å². The third-order valence-electron chi connectivity index (χ3n) is 4.43. The smallest absolute Gasteiger partial charge is 0.228 e. The predicted octanol–water partition coefficient (Wildman–Crippen LogP) is 1.23. The van der Waals surface area contributed by atoms with E-state index in [0.717, 1.165) is 43.9 Å². The normalized spacial score (nSPS) is 17.8. The molecule has 0 aliphatic carbocycles. The highest BCUT2D eigenvalue weighted by Gasteiger charge is 2.26. The van der Waals surface area contributed by atoms with Gasteiger partial charge in [0, 0.05) is 32.5 Å². The first-order chi connectivity index (χ1) is 11.7. The fourth-order valence-electron chi connectivity index (χ4n) is 3.12. The number of aryl methyl sites for hydroxylation is 1. The van der Waals surface area contributed by atoms with Crippen LogP contribution in [0.15, 0.2) is 17.0 Å². The van der Waals surface area contributed by atoms with Gasteiger partial charge in [-0.25, -0.2) is 9.61 Å². The third kappa shape index (κ3) is 3.69. The summed E-state index contributed by atoms with van der Waals surface area (Å²) in [5.41, 5.74) is 2.25. The summed E-state index contributed by atoms with van der Waals surface area (Å²) in [5.74, 6) is 1.28. The molecule has 8 heteroatoms. The minimum Gasteiger partial charge on any atom is -0.372 e. The minimum absolute atomic E-state index is 0.0754. The summed E-state index contributed by atoms with van der Waals surface area (Å²) in [7, 11) is 1.85. The Morgan fingerprint density at radius 2 is 2.17 bits per heavy atom. The first-order valence-electron chi connectivity index (χ1n) is 8.20. The molecule has 0 spiro atoms. The molecule has 0 unspecified atom stereocenters. The van der Waals surface area contributed by atoms with Gasteiger partial charge in [-0.2, -0.15) is 0 Å². The van der Waals surface area contributed by atoms with Crippen LogP contribution in [0.5, 0.6) is 0 Å². The molecule has 1 aliphatic heterocycles. The molecule has 3 rings (SSSR count). The van der Waals surface area contributed by atoms with Crippen molar-refractivity contribution in [2.75, 3.05) is 25.5 Å². The fraction of sp³-hybridized carbons (Fsp3) is 0.562. The number of anilines is 1. The van der Waals surface area contributed by atoms with Gasteiger partial charge in [-0.15, -0.1) is 0 Å². The molecule has 0 saturated carbocycles. The zero-order valence-corrected chi connectivity index (χ0v) is 14.0. The van der Waals surface area contributed by atoms with Crippen molar-refractivity contribution >= 4 is 11.7 Å². The topological polar surface area (TPSA) is 97.0 Å². The van der Waals surface area contributed by atoms with Crippen LogP contribution in [0.25, 0.3) is 0 Å². The number of hydrogen-bond donors (Lipinski definition) is 1. The highest BCUT2D eigenvalue weighted by Crippen LogP contribution is 2.23. The van der Waals surface area contributed by atoms with Gasteiger partial charge in [0.1, 0.15) is 17.2 Å². The Morgan fingerprint density at radius 1 is 1.33 bits per heavy atom. The number of amides is 1. The third-order valence-corrected chi connectivity index (χ3v) is 4.43. The number of likely N-dealkylation sites (tertiary alicyclic amines) is 1. The Balaban J connectivity index is 1.61. The molecule has 1 N–H and O–H groups in total. The summed E-state index contributed by atoms with van der Waals surface area (Å²) in [6, 6.07) is 0. The standard InChI is InChI=1S/C16H22N6O2/c1-11-13(21-24-20-11)9-15(23)22-7-3-4-12(10-22)8-14-16(17-2)19-6-5-18-14/h5-6,12H,3-4,7-10H2,1-2H3,(H,17,19)/t12-/m0/s1. The lowest BCUT2D eigenvalue weighted by Gasteiger charge is -2.32. The average molecular weight is 330 g/mol. The van der Waals surface area contributed by atoms with E-state index in [1.807, 2.05) is 11.9 Å². The molecule has 2 aromatic heterocycles. The van der Waals surface area contributed by atoms with Crippen molar-refractivity contribution in [3.05, 3.63) is 29.5 Å². The number of carbonyl (C=O) groups excluding carboxylic acids is 1. The van der Waals surface area contributed by atoms with Gasteiger partial charge in [0.15, 0.2) is 0 Å². The van der Waals surface area contributed by atoms with E-state index in [4.69, 9.17) is 0 Å². The van der Waals surface area contributed by atoms with Gasteiger partial charge in [0.2, 0.25) is 5.91 Å². The van der Waals surface area contributed by atoms with Crippen molar-refractivity contribution in [1.29, 1.82) is 0 Å². The average Bonchev–Trinajstić information content (AvgIpc) is 3.00. The maximum absolute atomic E-state index is 12.5. The predicted molar refractivity (Wildman–Crippen MR) is 87.3 cm³/mol. The van der Waals surface area contributed by atoms with Crippen molar-refractivity contribution < 1.29 is 9.42 Å². The highest BCUT2D eigenvalue weighted by molar-refractivity contribution is 5.78. The summed E-state index contributed by atoms with van der Waals surface area (Å²) >= 11 is 0. The molecule has 1 saturated heterocycles. The number of rotatable bonds is 5. The van der Waals surface area contributed by atoms with Gasteiger partial charge in [-0.3, -0.25) is 9.78 Å². The molecule has 0 aromatic carbocycles. The van der Waals surface area contributed by atoms with Crippen LogP contribution in [0.2, 0.25) is 0 Å². The van der Waals surface area contributed by atoms with E-state index >= 15 is 0 Å². The van der Waals surface area contributed by atoms with Crippen LogP contribution < -0.4 is 5.32 Å². The van der Waals surface area contributed by atoms with E-state index < -0.39 is 0 Å². The van der Waals surface area contributed by atoms with Crippen molar-refractivity contribution in [1.82, 2.24) is 25.2 Å². The number of piperidine rings is 1. The SMILES string of the molecule is CNc1nccnc1C[C@@H]1CCCN(C(=O)Cc2nonc2C)C1. The van der Waals surface area contributed by atoms with Crippen LogP contribution in [0.1, 0.15) is 29.9 Å². The lowest BCUT2D eigenvalue weighted by Crippen LogP contribution is -2.41. The van der Waals surface area contributed by atoms with Crippen molar-refractivity contribution in [2.24, 2.45) is 5.92 Å². The number of aromatic nitrogens is 4. The molecule has 1 fully saturated rings. The van der Waals surface area contributed by atoms with Crippen molar-refractivity contribution in [3.63, 3.8) is 0 Å². The number of nitrogens with zero attached hydrogens (tertiary/aromatic N) is 5. The van der Waals surface area contributed by atoms with E-state index in [2.05, 4.69) is 30.2 Å². The maximum atomic E-state index is 12.5. The lowest BCUT2D eigenvalue weighted by molar-refractivity contribution is -0.132. The Morgan fingerprint density at radius 3 is 2.92 bits per heavy atom. The highest BCUT2D eigenvalue weighted by atomic mass is 16.6. The number of carbonyl (C=O) groups is 1. The molecule has 1 atom stereocenters. The fourth-order valence-corrected chi connectivity index (χ4v) is 3.12. The van der Waals surface area contributed by atoms with E-state index in [0.29, 0.717) is 17.3 Å². The molecule has 3 heterocycles. The molecule has 2 aromatic rings. The molecule has 8 nitrogen and oxygen atoms in total. The van der Waals surface area contributed by atoms with Crippen LogP contribution >= 0.6 is 0 Å². The lowest BCUT2D eigenvalue weighted by atomic mass is 9.93. The summed E-state index contributed by atoms with van der Waals surface area (Å²) < 4.78 is 4.67. The quantitative estimate of drug-likeness (QED) is 0.880. The van der Waals surface area contributed by atoms with Gasteiger partial charge < -0.3 is 10.2 Å². The molecule has 1 amide bonds. The molecule has 24 heavy (non-hydrogen) atoms. The molecule has 1 aliphatic rings. The Labute approximate surface area is 140 Å². The first kappa shape index (κ1) is 16.4. The second-order valence-electron chi connectivity index (χ2n) is 6.13. The zero-order valence-electron chi connectivity index (χ0n) is 14.0. The number of nitrogens with one attached hydrogen (secondary N) is 1. The van der Waals surface area contributed by atoms with Gasteiger partial charge in [0.05, 0.1) is 12.1 Å².